The number of fused-ring (bicyclic) bond motifs is 1. The summed E-state index contributed by atoms with van der Waals surface area (Å²) in [5.74, 6) is 1.12. The van der Waals surface area contributed by atoms with Crippen LogP contribution in [0.3, 0.4) is 0 Å². The van der Waals surface area contributed by atoms with E-state index in [4.69, 9.17) is 4.98 Å². The molecule has 0 aliphatic carbocycles. The molecular formula is C23H27Cl2N3. The van der Waals surface area contributed by atoms with E-state index in [1.54, 1.807) is 0 Å². The third-order valence-electron chi connectivity index (χ3n) is 5.11. The number of rotatable bonds is 4. The minimum atomic E-state index is 0. The predicted octanol–water partition coefficient (Wildman–Crippen LogP) is 5.39. The van der Waals surface area contributed by atoms with Crippen molar-refractivity contribution >= 4 is 53.6 Å². The number of anilines is 1. The van der Waals surface area contributed by atoms with Gasteiger partial charge in [-0.2, -0.15) is 0 Å². The third kappa shape index (κ3) is 5.05. The average molecular weight is 416 g/mol. The first-order valence-electron chi connectivity index (χ1n) is 9.44. The van der Waals surface area contributed by atoms with E-state index >= 15 is 0 Å². The Kier molecular flexibility index (Phi) is 8.31. The average Bonchev–Trinajstić information content (AvgIpc) is 2.72. The SMILES string of the molecule is CCN1CCN(c2nc(/C=C/c3ccccc3)cc3ccccc23)CC1.Cl.Cl. The molecule has 28 heavy (non-hydrogen) atoms. The Balaban J connectivity index is 0.00000140. The third-order valence-corrected chi connectivity index (χ3v) is 5.11. The molecule has 0 amide bonds. The standard InChI is InChI=1S/C23H25N3.2ClH/c1-2-25-14-16-26(17-15-25)23-22-11-7-6-10-20(22)18-21(24-23)13-12-19-8-4-3-5-9-19;;/h3-13,18H,2,14-17H2,1H3;2*1H/b13-12+;;. The zero-order valence-corrected chi connectivity index (χ0v) is 17.8. The fourth-order valence-corrected chi connectivity index (χ4v) is 3.55. The lowest BCUT2D eigenvalue weighted by Gasteiger charge is -2.35. The van der Waals surface area contributed by atoms with Crippen LogP contribution in [0.4, 0.5) is 5.82 Å². The molecule has 1 aromatic heterocycles. The lowest BCUT2D eigenvalue weighted by molar-refractivity contribution is 0.271. The molecule has 0 spiro atoms. The van der Waals surface area contributed by atoms with Gasteiger partial charge in [0.15, 0.2) is 0 Å². The molecule has 148 valence electrons. The summed E-state index contributed by atoms with van der Waals surface area (Å²) in [5.41, 5.74) is 2.21. The van der Waals surface area contributed by atoms with Crippen LogP contribution in [0, 0.1) is 0 Å². The molecule has 0 saturated carbocycles. The van der Waals surface area contributed by atoms with Gasteiger partial charge in [-0.25, -0.2) is 4.98 Å². The van der Waals surface area contributed by atoms with Crippen molar-refractivity contribution in [2.24, 2.45) is 0 Å². The van der Waals surface area contributed by atoms with Gasteiger partial charge < -0.3 is 9.80 Å². The van der Waals surface area contributed by atoms with Crippen LogP contribution in [0.1, 0.15) is 18.2 Å². The second kappa shape index (κ2) is 10.5. The van der Waals surface area contributed by atoms with Crippen molar-refractivity contribution in [2.45, 2.75) is 6.92 Å². The molecule has 5 heteroatoms. The smallest absolute Gasteiger partial charge is 0.137 e. The Morgan fingerprint density at radius 1 is 0.857 bits per heavy atom. The van der Waals surface area contributed by atoms with Gasteiger partial charge in [-0.05, 0) is 29.6 Å². The monoisotopic (exact) mass is 415 g/mol. The van der Waals surface area contributed by atoms with Crippen molar-refractivity contribution in [3.63, 3.8) is 0 Å². The lowest BCUT2D eigenvalue weighted by Crippen LogP contribution is -2.46. The van der Waals surface area contributed by atoms with Gasteiger partial charge in [0.25, 0.3) is 0 Å². The zero-order valence-electron chi connectivity index (χ0n) is 16.1. The molecule has 0 radical (unpaired) electrons. The van der Waals surface area contributed by atoms with Crippen LogP contribution < -0.4 is 4.90 Å². The summed E-state index contributed by atoms with van der Waals surface area (Å²) in [7, 11) is 0. The maximum absolute atomic E-state index is 5.01. The van der Waals surface area contributed by atoms with Gasteiger partial charge in [0.05, 0.1) is 5.69 Å². The molecule has 4 rings (SSSR count). The summed E-state index contributed by atoms with van der Waals surface area (Å²) in [4.78, 5) is 9.95. The molecule has 3 aromatic rings. The van der Waals surface area contributed by atoms with Crippen LogP contribution in [-0.4, -0.2) is 42.6 Å². The van der Waals surface area contributed by atoms with Crippen molar-refractivity contribution in [1.29, 1.82) is 0 Å². The molecule has 0 atom stereocenters. The molecule has 1 saturated heterocycles. The van der Waals surface area contributed by atoms with Crippen molar-refractivity contribution in [1.82, 2.24) is 9.88 Å². The topological polar surface area (TPSA) is 19.4 Å². The number of hydrogen-bond donors (Lipinski definition) is 0. The quantitative estimate of drug-likeness (QED) is 0.569. The fraction of sp³-hybridized carbons (Fsp3) is 0.261. The lowest BCUT2D eigenvalue weighted by atomic mass is 10.1. The Morgan fingerprint density at radius 3 is 2.25 bits per heavy atom. The summed E-state index contributed by atoms with van der Waals surface area (Å²) in [6.07, 6.45) is 4.25. The van der Waals surface area contributed by atoms with E-state index in [1.807, 2.05) is 6.07 Å². The summed E-state index contributed by atoms with van der Waals surface area (Å²) < 4.78 is 0. The molecule has 1 aliphatic rings. The normalized spacial score (nSPS) is 14.7. The van der Waals surface area contributed by atoms with Crippen molar-refractivity contribution in [3.8, 4) is 0 Å². The Hall–Kier alpha value is -2.07. The van der Waals surface area contributed by atoms with Crippen LogP contribution >= 0.6 is 24.8 Å². The Morgan fingerprint density at radius 2 is 1.54 bits per heavy atom. The first-order chi connectivity index (χ1) is 12.8. The van der Waals surface area contributed by atoms with Gasteiger partial charge in [-0.15, -0.1) is 24.8 Å². The molecule has 3 nitrogen and oxygen atoms in total. The molecule has 1 fully saturated rings. The molecule has 0 bridgehead atoms. The fourth-order valence-electron chi connectivity index (χ4n) is 3.55. The van der Waals surface area contributed by atoms with Crippen LogP contribution in [0.2, 0.25) is 0 Å². The summed E-state index contributed by atoms with van der Waals surface area (Å²) in [6, 6.07) is 21.2. The van der Waals surface area contributed by atoms with Crippen LogP contribution in [-0.2, 0) is 0 Å². The highest BCUT2D eigenvalue weighted by Gasteiger charge is 2.19. The minimum Gasteiger partial charge on any atom is -0.354 e. The Labute approximate surface area is 179 Å². The van der Waals surface area contributed by atoms with Gasteiger partial charge in [0.2, 0.25) is 0 Å². The summed E-state index contributed by atoms with van der Waals surface area (Å²) in [6.45, 7) is 7.65. The molecular weight excluding hydrogens is 389 g/mol. The molecule has 0 N–H and O–H groups in total. The molecule has 0 unspecified atom stereocenters. The zero-order chi connectivity index (χ0) is 17.8. The van der Waals surface area contributed by atoms with E-state index in [0.717, 1.165) is 44.2 Å². The number of nitrogens with zero attached hydrogens (tertiary/aromatic N) is 3. The number of halogens is 2. The Bertz CT molecular complexity index is 904. The number of pyridine rings is 1. The first kappa shape index (κ1) is 22.2. The van der Waals surface area contributed by atoms with Crippen LogP contribution in [0.5, 0.6) is 0 Å². The van der Waals surface area contributed by atoms with Crippen LogP contribution in [0.15, 0.2) is 60.7 Å². The predicted molar refractivity (Wildman–Crippen MR) is 126 cm³/mol. The number of likely N-dealkylation sites (N-methyl/N-ethyl adjacent to an activating group) is 1. The summed E-state index contributed by atoms with van der Waals surface area (Å²) in [5, 5.41) is 2.50. The number of piperazine rings is 1. The molecule has 2 heterocycles. The van der Waals surface area contributed by atoms with Crippen molar-refractivity contribution in [2.75, 3.05) is 37.6 Å². The second-order valence-electron chi connectivity index (χ2n) is 6.76. The minimum absolute atomic E-state index is 0. The van der Waals surface area contributed by atoms with Gasteiger partial charge in [0, 0.05) is 31.6 Å². The van der Waals surface area contributed by atoms with Crippen molar-refractivity contribution in [3.05, 3.63) is 71.9 Å². The van der Waals surface area contributed by atoms with Gasteiger partial charge >= 0.3 is 0 Å². The van der Waals surface area contributed by atoms with E-state index in [1.165, 1.54) is 16.3 Å². The number of hydrogen-bond acceptors (Lipinski definition) is 3. The number of benzene rings is 2. The first-order valence-corrected chi connectivity index (χ1v) is 9.44. The molecule has 2 aromatic carbocycles. The van der Waals surface area contributed by atoms with E-state index in [2.05, 4.69) is 83.5 Å². The van der Waals surface area contributed by atoms with E-state index < -0.39 is 0 Å². The maximum Gasteiger partial charge on any atom is 0.137 e. The van der Waals surface area contributed by atoms with E-state index in [-0.39, 0.29) is 24.8 Å². The number of aromatic nitrogens is 1. The van der Waals surface area contributed by atoms with Crippen molar-refractivity contribution < 1.29 is 0 Å². The van der Waals surface area contributed by atoms with Gasteiger partial charge in [-0.3, -0.25) is 0 Å². The van der Waals surface area contributed by atoms with E-state index in [9.17, 15) is 0 Å². The highest BCUT2D eigenvalue weighted by Crippen LogP contribution is 2.27. The van der Waals surface area contributed by atoms with E-state index in [0.29, 0.717) is 0 Å². The maximum atomic E-state index is 5.01. The molecule has 1 aliphatic heterocycles. The highest BCUT2D eigenvalue weighted by molar-refractivity contribution is 5.94. The summed E-state index contributed by atoms with van der Waals surface area (Å²) >= 11 is 0. The largest absolute Gasteiger partial charge is 0.354 e. The second-order valence-corrected chi connectivity index (χ2v) is 6.76. The van der Waals surface area contributed by atoms with Gasteiger partial charge in [0.1, 0.15) is 5.82 Å². The van der Waals surface area contributed by atoms with Crippen LogP contribution in [0.25, 0.3) is 22.9 Å². The highest BCUT2D eigenvalue weighted by atomic mass is 35.5. The van der Waals surface area contributed by atoms with Gasteiger partial charge in [-0.1, -0.05) is 67.6 Å².